The Morgan fingerprint density at radius 1 is 1.33 bits per heavy atom. The van der Waals surface area contributed by atoms with Crippen molar-refractivity contribution in [3.8, 4) is 0 Å². The van der Waals surface area contributed by atoms with Crippen molar-refractivity contribution < 1.29 is 18.0 Å². The summed E-state index contributed by atoms with van der Waals surface area (Å²) in [6, 6.07) is 6.52. The quantitative estimate of drug-likeness (QED) is 0.840. The number of nitrogen functional groups attached to an aromatic ring is 1. The Hall–Kier alpha value is -1.76. The van der Waals surface area contributed by atoms with E-state index in [-0.39, 0.29) is 11.9 Å². The first kappa shape index (κ1) is 15.6. The van der Waals surface area contributed by atoms with Gasteiger partial charge in [0.1, 0.15) is 0 Å². The van der Waals surface area contributed by atoms with Gasteiger partial charge in [-0.15, -0.1) is 0 Å². The van der Waals surface area contributed by atoms with Gasteiger partial charge in [0.25, 0.3) is 5.91 Å². The zero-order chi connectivity index (χ0) is 15.5. The van der Waals surface area contributed by atoms with Crippen molar-refractivity contribution in [2.75, 3.05) is 25.4 Å². The molecule has 0 radical (unpaired) electrons. The molecule has 1 amide bonds. The number of benzene rings is 1. The number of anilines is 1. The molecule has 1 saturated heterocycles. The van der Waals surface area contributed by atoms with Crippen LogP contribution in [0.5, 0.6) is 0 Å². The fraction of sp³-hybridized carbons (Fsp3) is 0.500. The molecular formula is C14H18F3N3O. The molecule has 1 heterocycles. The van der Waals surface area contributed by atoms with Crippen molar-refractivity contribution in [1.82, 2.24) is 10.2 Å². The molecular weight excluding hydrogens is 283 g/mol. The minimum absolute atomic E-state index is 0.0941. The van der Waals surface area contributed by atoms with Crippen molar-refractivity contribution in [1.29, 1.82) is 0 Å². The van der Waals surface area contributed by atoms with Gasteiger partial charge in [-0.25, -0.2) is 0 Å². The summed E-state index contributed by atoms with van der Waals surface area (Å²) in [7, 11) is 0. The predicted molar refractivity (Wildman–Crippen MR) is 73.8 cm³/mol. The zero-order valence-corrected chi connectivity index (χ0v) is 11.5. The molecule has 0 spiro atoms. The Morgan fingerprint density at radius 2 is 2.00 bits per heavy atom. The Kier molecular flexibility index (Phi) is 4.72. The lowest BCUT2D eigenvalue weighted by Crippen LogP contribution is -2.47. The number of hydrogen-bond acceptors (Lipinski definition) is 3. The van der Waals surface area contributed by atoms with Crippen LogP contribution >= 0.6 is 0 Å². The molecule has 1 aliphatic heterocycles. The summed E-state index contributed by atoms with van der Waals surface area (Å²) in [5.41, 5.74) is 6.58. The van der Waals surface area contributed by atoms with E-state index in [2.05, 4.69) is 5.32 Å². The average Bonchev–Trinajstić information content (AvgIpc) is 2.39. The second-order valence-corrected chi connectivity index (χ2v) is 5.26. The summed E-state index contributed by atoms with van der Waals surface area (Å²) >= 11 is 0. The number of nitrogens with two attached hydrogens (primary N) is 1. The lowest BCUT2D eigenvalue weighted by atomic mass is 10.0. The molecule has 1 aliphatic rings. The zero-order valence-electron chi connectivity index (χ0n) is 11.5. The van der Waals surface area contributed by atoms with Crippen molar-refractivity contribution in [2.24, 2.45) is 0 Å². The molecule has 0 aromatic heterocycles. The normalized spacial score (nSPS) is 17.7. The summed E-state index contributed by atoms with van der Waals surface area (Å²) in [6.45, 7) is -0.217. The minimum Gasteiger partial charge on any atom is -0.399 e. The van der Waals surface area contributed by atoms with Crippen LogP contribution in [0, 0.1) is 0 Å². The Morgan fingerprint density at radius 3 is 2.57 bits per heavy atom. The summed E-state index contributed by atoms with van der Waals surface area (Å²) in [4.78, 5) is 13.4. The molecule has 0 unspecified atom stereocenters. The van der Waals surface area contributed by atoms with Crippen LogP contribution < -0.4 is 11.1 Å². The third-order valence-electron chi connectivity index (χ3n) is 3.47. The van der Waals surface area contributed by atoms with Gasteiger partial charge >= 0.3 is 6.18 Å². The van der Waals surface area contributed by atoms with Crippen LogP contribution in [-0.4, -0.2) is 42.7 Å². The number of hydrogen-bond donors (Lipinski definition) is 2. The summed E-state index contributed by atoms with van der Waals surface area (Å²) in [6.07, 6.45) is -3.13. The van der Waals surface area contributed by atoms with Crippen molar-refractivity contribution >= 4 is 11.6 Å². The molecule has 4 nitrogen and oxygen atoms in total. The van der Waals surface area contributed by atoms with E-state index in [1.54, 1.807) is 24.3 Å². The SMILES string of the molecule is Nc1cccc(C(=O)NC2CCN(CC(F)(F)F)CC2)c1. The number of carbonyl (C=O) groups excluding carboxylic acids is 1. The molecule has 116 valence electrons. The number of halogens is 3. The van der Waals surface area contributed by atoms with Crippen LogP contribution in [0.25, 0.3) is 0 Å². The number of piperidine rings is 1. The van der Waals surface area contributed by atoms with Crippen molar-refractivity contribution in [3.05, 3.63) is 29.8 Å². The number of likely N-dealkylation sites (tertiary alicyclic amines) is 1. The first-order valence-corrected chi connectivity index (χ1v) is 6.79. The van der Waals surface area contributed by atoms with Crippen LogP contribution in [0.1, 0.15) is 23.2 Å². The average molecular weight is 301 g/mol. The van der Waals surface area contributed by atoms with Gasteiger partial charge in [-0.3, -0.25) is 9.69 Å². The molecule has 21 heavy (non-hydrogen) atoms. The first-order valence-electron chi connectivity index (χ1n) is 6.79. The maximum atomic E-state index is 12.3. The lowest BCUT2D eigenvalue weighted by molar-refractivity contribution is -0.148. The standard InChI is InChI=1S/C14H18F3N3O/c15-14(16,17)9-20-6-4-12(5-7-20)19-13(21)10-2-1-3-11(18)8-10/h1-3,8,12H,4-7,9,18H2,(H,19,21). The maximum absolute atomic E-state index is 12.3. The van der Waals surface area contributed by atoms with Gasteiger partial charge in [0.05, 0.1) is 6.54 Å². The number of carbonyl (C=O) groups is 1. The molecule has 3 N–H and O–H groups in total. The highest BCUT2D eigenvalue weighted by atomic mass is 19.4. The van der Waals surface area contributed by atoms with E-state index in [9.17, 15) is 18.0 Å². The molecule has 0 saturated carbocycles. The molecule has 0 atom stereocenters. The number of nitrogens with zero attached hydrogens (tertiary/aromatic N) is 1. The van der Waals surface area contributed by atoms with Crippen LogP contribution in [0.4, 0.5) is 18.9 Å². The minimum atomic E-state index is -4.17. The van der Waals surface area contributed by atoms with Crippen LogP contribution in [0.2, 0.25) is 0 Å². The van der Waals surface area contributed by atoms with Gasteiger partial charge < -0.3 is 11.1 Å². The van der Waals surface area contributed by atoms with E-state index in [1.807, 2.05) is 0 Å². The van der Waals surface area contributed by atoms with E-state index < -0.39 is 12.7 Å². The van der Waals surface area contributed by atoms with E-state index in [0.29, 0.717) is 37.2 Å². The van der Waals surface area contributed by atoms with E-state index >= 15 is 0 Å². The summed E-state index contributed by atoms with van der Waals surface area (Å²) in [5, 5.41) is 2.84. The smallest absolute Gasteiger partial charge is 0.399 e. The maximum Gasteiger partial charge on any atom is 0.401 e. The fourth-order valence-electron chi connectivity index (χ4n) is 2.44. The van der Waals surface area contributed by atoms with Crippen LogP contribution in [0.15, 0.2) is 24.3 Å². The largest absolute Gasteiger partial charge is 0.401 e. The number of alkyl halides is 3. The Balaban J connectivity index is 1.82. The highest BCUT2D eigenvalue weighted by Gasteiger charge is 2.32. The molecule has 1 aromatic carbocycles. The highest BCUT2D eigenvalue weighted by molar-refractivity contribution is 5.95. The lowest BCUT2D eigenvalue weighted by Gasteiger charge is -2.32. The number of nitrogens with one attached hydrogen (secondary N) is 1. The second-order valence-electron chi connectivity index (χ2n) is 5.26. The highest BCUT2D eigenvalue weighted by Crippen LogP contribution is 2.20. The van der Waals surface area contributed by atoms with Crippen molar-refractivity contribution in [3.63, 3.8) is 0 Å². The van der Waals surface area contributed by atoms with Gasteiger partial charge in [-0.1, -0.05) is 6.07 Å². The summed E-state index contributed by atoms with van der Waals surface area (Å²) in [5.74, 6) is -0.239. The predicted octanol–water partition coefficient (Wildman–Crippen LogP) is 2.03. The molecule has 0 aliphatic carbocycles. The Bertz CT molecular complexity index is 496. The topological polar surface area (TPSA) is 58.4 Å². The molecule has 7 heteroatoms. The van der Waals surface area contributed by atoms with E-state index in [0.717, 1.165) is 0 Å². The summed E-state index contributed by atoms with van der Waals surface area (Å²) < 4.78 is 36.9. The van der Waals surface area contributed by atoms with E-state index in [4.69, 9.17) is 5.73 Å². The van der Waals surface area contributed by atoms with Gasteiger partial charge in [-0.05, 0) is 31.0 Å². The van der Waals surface area contributed by atoms with Gasteiger partial charge in [0.15, 0.2) is 0 Å². The van der Waals surface area contributed by atoms with Crippen molar-refractivity contribution in [2.45, 2.75) is 25.1 Å². The van der Waals surface area contributed by atoms with Crippen LogP contribution in [0.3, 0.4) is 0 Å². The molecule has 0 bridgehead atoms. The third-order valence-corrected chi connectivity index (χ3v) is 3.47. The van der Waals surface area contributed by atoms with Gasteiger partial charge in [-0.2, -0.15) is 13.2 Å². The fourth-order valence-corrected chi connectivity index (χ4v) is 2.44. The van der Waals surface area contributed by atoms with E-state index in [1.165, 1.54) is 4.90 Å². The van der Waals surface area contributed by atoms with Gasteiger partial charge in [0, 0.05) is 30.4 Å². The number of rotatable bonds is 3. The monoisotopic (exact) mass is 301 g/mol. The first-order chi connectivity index (χ1) is 9.83. The Labute approximate surface area is 121 Å². The second kappa shape index (κ2) is 6.34. The molecule has 1 fully saturated rings. The number of amides is 1. The molecule has 1 aromatic rings. The molecule has 2 rings (SSSR count). The van der Waals surface area contributed by atoms with Gasteiger partial charge in [0.2, 0.25) is 0 Å². The van der Waals surface area contributed by atoms with Crippen LogP contribution in [-0.2, 0) is 0 Å². The third kappa shape index (κ3) is 4.93.